The summed E-state index contributed by atoms with van der Waals surface area (Å²) in [6, 6.07) is 0. The molecule has 0 aliphatic heterocycles. The third kappa shape index (κ3) is 21.9. The number of rotatable bonds is 23. The molecule has 0 radical (unpaired) electrons. The number of aliphatic hydroxyl groups excluding tert-OH is 1. The van der Waals surface area contributed by atoms with Gasteiger partial charge >= 0.3 is 0 Å². The average molecular weight is 399 g/mol. The van der Waals surface area contributed by atoms with Crippen LogP contribution in [0.1, 0.15) is 117 Å². The highest BCUT2D eigenvalue weighted by molar-refractivity contribution is 4.87. The first-order valence-corrected chi connectivity index (χ1v) is 12.1. The maximum atomic E-state index is 9.25. The van der Waals surface area contributed by atoms with Crippen LogP contribution in [0, 0.1) is 0 Å². The highest BCUT2D eigenvalue weighted by atomic mass is 16.5. The molecule has 0 aromatic carbocycles. The van der Waals surface area contributed by atoms with Gasteiger partial charge in [-0.2, -0.15) is 0 Å². The molecule has 0 spiro atoms. The standard InChI is InChI=1S/C25H50O3/c1-4-5-6-7-8-9-10-11-12-13-14-15-16-17-18-19-20-27-23-25(21-26)28-22-24(2)3/h25-26H,2,4-23H2,1,3H3/t25-/m0/s1. The van der Waals surface area contributed by atoms with Crippen LogP contribution in [0.4, 0.5) is 0 Å². The van der Waals surface area contributed by atoms with Gasteiger partial charge in [-0.3, -0.25) is 0 Å². The van der Waals surface area contributed by atoms with E-state index in [4.69, 9.17) is 9.47 Å². The molecular weight excluding hydrogens is 348 g/mol. The molecule has 0 heterocycles. The fourth-order valence-electron chi connectivity index (χ4n) is 3.38. The van der Waals surface area contributed by atoms with Crippen molar-refractivity contribution < 1.29 is 14.6 Å². The molecule has 1 atom stereocenters. The highest BCUT2D eigenvalue weighted by Crippen LogP contribution is 2.13. The van der Waals surface area contributed by atoms with Gasteiger partial charge in [0.2, 0.25) is 0 Å². The molecule has 0 rings (SSSR count). The maximum Gasteiger partial charge on any atom is 0.104 e. The number of unbranched alkanes of at least 4 members (excludes halogenated alkanes) is 15. The summed E-state index contributed by atoms with van der Waals surface area (Å²) in [6.45, 7) is 9.75. The van der Waals surface area contributed by atoms with Gasteiger partial charge < -0.3 is 14.6 Å². The van der Waals surface area contributed by atoms with Crippen molar-refractivity contribution in [2.75, 3.05) is 26.4 Å². The van der Waals surface area contributed by atoms with Crippen LogP contribution >= 0.6 is 0 Å². The topological polar surface area (TPSA) is 38.7 Å². The van der Waals surface area contributed by atoms with Gasteiger partial charge in [0.15, 0.2) is 0 Å². The van der Waals surface area contributed by atoms with Crippen molar-refractivity contribution in [3.63, 3.8) is 0 Å². The largest absolute Gasteiger partial charge is 0.394 e. The quantitative estimate of drug-likeness (QED) is 0.146. The average Bonchev–Trinajstić information content (AvgIpc) is 2.69. The lowest BCUT2D eigenvalue weighted by atomic mass is 10.0. The summed E-state index contributed by atoms with van der Waals surface area (Å²) in [5.74, 6) is 0. The summed E-state index contributed by atoms with van der Waals surface area (Å²) in [5.41, 5.74) is 0.969. The molecular formula is C25H50O3. The zero-order chi connectivity index (χ0) is 20.7. The molecule has 1 N–H and O–H groups in total. The molecule has 3 nitrogen and oxygen atoms in total. The van der Waals surface area contributed by atoms with Crippen molar-refractivity contribution in [3.8, 4) is 0 Å². The molecule has 0 aromatic heterocycles. The van der Waals surface area contributed by atoms with E-state index in [0.29, 0.717) is 13.2 Å². The van der Waals surface area contributed by atoms with Crippen LogP contribution in [-0.2, 0) is 9.47 Å². The van der Waals surface area contributed by atoms with Crippen LogP contribution < -0.4 is 0 Å². The molecule has 0 amide bonds. The minimum absolute atomic E-state index is 0.00619. The van der Waals surface area contributed by atoms with Crippen LogP contribution in [0.3, 0.4) is 0 Å². The van der Waals surface area contributed by atoms with Gasteiger partial charge in [0.1, 0.15) is 6.10 Å². The Hall–Kier alpha value is -0.380. The number of ether oxygens (including phenoxy) is 2. The lowest BCUT2D eigenvalue weighted by molar-refractivity contribution is -0.0351. The lowest BCUT2D eigenvalue weighted by Crippen LogP contribution is -2.25. The Morgan fingerprint density at radius 1 is 0.750 bits per heavy atom. The first-order valence-electron chi connectivity index (χ1n) is 12.1. The molecule has 0 saturated carbocycles. The molecule has 28 heavy (non-hydrogen) atoms. The zero-order valence-corrected chi connectivity index (χ0v) is 19.2. The minimum Gasteiger partial charge on any atom is -0.394 e. The van der Waals surface area contributed by atoms with Crippen molar-refractivity contribution in [1.29, 1.82) is 0 Å². The van der Waals surface area contributed by atoms with Crippen molar-refractivity contribution in [2.45, 2.75) is 123 Å². The molecule has 0 unspecified atom stereocenters. The van der Waals surface area contributed by atoms with E-state index >= 15 is 0 Å². The summed E-state index contributed by atoms with van der Waals surface area (Å²) in [4.78, 5) is 0. The Bertz CT molecular complexity index is 317. The molecule has 168 valence electrons. The van der Waals surface area contributed by atoms with E-state index in [9.17, 15) is 5.11 Å². The first-order chi connectivity index (χ1) is 13.7. The van der Waals surface area contributed by atoms with Crippen LogP contribution in [0.5, 0.6) is 0 Å². The summed E-state index contributed by atoms with van der Waals surface area (Å²) < 4.78 is 11.1. The molecule has 3 heteroatoms. The maximum absolute atomic E-state index is 9.25. The van der Waals surface area contributed by atoms with Crippen molar-refractivity contribution in [2.24, 2.45) is 0 Å². The van der Waals surface area contributed by atoms with E-state index in [1.54, 1.807) is 0 Å². The minimum atomic E-state index is -0.224. The highest BCUT2D eigenvalue weighted by Gasteiger charge is 2.07. The first kappa shape index (κ1) is 27.6. The van der Waals surface area contributed by atoms with Gasteiger partial charge in [0.05, 0.1) is 19.8 Å². The molecule has 0 bridgehead atoms. The Morgan fingerprint density at radius 2 is 1.18 bits per heavy atom. The fourth-order valence-corrected chi connectivity index (χ4v) is 3.38. The van der Waals surface area contributed by atoms with Crippen molar-refractivity contribution in [1.82, 2.24) is 0 Å². The zero-order valence-electron chi connectivity index (χ0n) is 19.2. The number of hydrogen-bond acceptors (Lipinski definition) is 3. The third-order valence-corrected chi connectivity index (χ3v) is 5.22. The van der Waals surface area contributed by atoms with Gasteiger partial charge in [-0.1, -0.05) is 115 Å². The van der Waals surface area contributed by atoms with E-state index in [1.807, 2.05) is 6.92 Å². The SMILES string of the molecule is C=C(C)CO[C@@H](CO)COCCCCCCCCCCCCCCCCCC. The molecule has 0 aliphatic carbocycles. The van der Waals surface area contributed by atoms with Crippen molar-refractivity contribution >= 4 is 0 Å². The molecule has 0 saturated heterocycles. The van der Waals surface area contributed by atoms with E-state index in [-0.39, 0.29) is 12.7 Å². The van der Waals surface area contributed by atoms with Gasteiger partial charge in [0.25, 0.3) is 0 Å². The second-order valence-corrected chi connectivity index (χ2v) is 8.45. The van der Waals surface area contributed by atoms with Gasteiger partial charge in [-0.25, -0.2) is 0 Å². The summed E-state index contributed by atoms with van der Waals surface area (Å²) in [5, 5.41) is 9.25. The Kier molecular flexibility index (Phi) is 22.6. The van der Waals surface area contributed by atoms with Gasteiger partial charge in [-0.05, 0) is 13.3 Å². The predicted molar refractivity (Wildman–Crippen MR) is 122 cm³/mol. The van der Waals surface area contributed by atoms with Crippen LogP contribution in [0.2, 0.25) is 0 Å². The van der Waals surface area contributed by atoms with E-state index in [0.717, 1.165) is 18.6 Å². The van der Waals surface area contributed by atoms with E-state index in [1.165, 1.54) is 96.3 Å². The fraction of sp³-hybridized carbons (Fsp3) is 0.920. The summed E-state index contributed by atoms with van der Waals surface area (Å²) >= 11 is 0. The molecule has 0 fully saturated rings. The number of hydrogen-bond donors (Lipinski definition) is 1. The predicted octanol–water partition coefficient (Wildman–Crippen LogP) is 7.22. The van der Waals surface area contributed by atoms with E-state index < -0.39 is 0 Å². The Labute approximate surface area is 176 Å². The van der Waals surface area contributed by atoms with Gasteiger partial charge in [0, 0.05) is 6.61 Å². The van der Waals surface area contributed by atoms with Crippen molar-refractivity contribution in [3.05, 3.63) is 12.2 Å². The van der Waals surface area contributed by atoms with E-state index in [2.05, 4.69) is 13.5 Å². The number of aliphatic hydroxyl groups is 1. The smallest absolute Gasteiger partial charge is 0.104 e. The normalized spacial score (nSPS) is 12.4. The second-order valence-electron chi connectivity index (χ2n) is 8.45. The summed E-state index contributed by atoms with van der Waals surface area (Å²) in [7, 11) is 0. The van der Waals surface area contributed by atoms with Crippen LogP contribution in [0.25, 0.3) is 0 Å². The van der Waals surface area contributed by atoms with Gasteiger partial charge in [-0.15, -0.1) is 0 Å². The summed E-state index contributed by atoms with van der Waals surface area (Å²) in [6.07, 6.45) is 21.9. The monoisotopic (exact) mass is 398 g/mol. The lowest BCUT2D eigenvalue weighted by Gasteiger charge is -2.15. The Morgan fingerprint density at radius 3 is 1.57 bits per heavy atom. The Balaban J connectivity index is 3.16. The second kappa shape index (κ2) is 22.9. The van der Waals surface area contributed by atoms with Crippen LogP contribution in [-0.4, -0.2) is 37.6 Å². The molecule has 0 aromatic rings. The molecule has 0 aliphatic rings. The third-order valence-electron chi connectivity index (χ3n) is 5.22. The van der Waals surface area contributed by atoms with Crippen LogP contribution in [0.15, 0.2) is 12.2 Å².